The van der Waals surface area contributed by atoms with Gasteiger partial charge in [0.2, 0.25) is 0 Å². The van der Waals surface area contributed by atoms with E-state index in [1.165, 1.54) is 18.7 Å². The van der Waals surface area contributed by atoms with Crippen LogP contribution in [0.4, 0.5) is 0 Å². The standard InChI is InChI=1S/C11H27NO5P2Se/c1-10(2)8-16-19(20,17-9-11(3)4)12(5)18(13,14-6)15-7/h10-11H,8-9H2,1-7H3. The Hall–Kier alpha value is 0.979. The van der Waals surface area contributed by atoms with Gasteiger partial charge in [-0.2, -0.15) is 0 Å². The molecule has 0 aromatic heterocycles. The topological polar surface area (TPSA) is 57.2 Å². The second-order valence-electron chi connectivity index (χ2n) is 5.17. The van der Waals surface area contributed by atoms with Gasteiger partial charge in [0, 0.05) is 0 Å². The van der Waals surface area contributed by atoms with Crippen molar-refractivity contribution in [3.05, 3.63) is 0 Å². The summed E-state index contributed by atoms with van der Waals surface area (Å²) >= 11 is 2.94. The van der Waals surface area contributed by atoms with E-state index in [0.29, 0.717) is 25.0 Å². The van der Waals surface area contributed by atoms with Crippen LogP contribution in [0.5, 0.6) is 0 Å². The first-order valence-electron chi connectivity index (χ1n) is 6.46. The minimum absolute atomic E-state index is 0.336. The van der Waals surface area contributed by atoms with Crippen LogP contribution < -0.4 is 0 Å². The summed E-state index contributed by atoms with van der Waals surface area (Å²) in [7, 11) is 0.898. The summed E-state index contributed by atoms with van der Waals surface area (Å²) in [5.74, 6) is 0.673. The molecule has 0 aromatic rings. The summed E-state index contributed by atoms with van der Waals surface area (Å²) in [6.07, 6.45) is -2.63. The molecule has 0 saturated carbocycles. The maximum atomic E-state index is 12.5. The Balaban J connectivity index is 5.18. The SMILES string of the molecule is COP(=O)(OC)N(C)P(=[Se])(OCC(C)C)OCC(C)C. The summed E-state index contributed by atoms with van der Waals surface area (Å²) in [6, 6.07) is 0. The number of hydrogen-bond acceptors (Lipinski definition) is 5. The summed E-state index contributed by atoms with van der Waals surface area (Å²) in [5, 5.41) is 0. The fourth-order valence-corrected chi connectivity index (χ4v) is 7.42. The van der Waals surface area contributed by atoms with E-state index in [0.717, 1.165) is 0 Å². The molecule has 0 rings (SSSR count). The van der Waals surface area contributed by atoms with E-state index in [1.54, 1.807) is 7.05 Å². The second-order valence-corrected chi connectivity index (χ2v) is 12.7. The average molecular weight is 394 g/mol. The van der Waals surface area contributed by atoms with Gasteiger partial charge in [0.05, 0.1) is 0 Å². The van der Waals surface area contributed by atoms with Crippen LogP contribution >= 0.6 is 13.9 Å². The third kappa shape index (κ3) is 6.39. The van der Waals surface area contributed by atoms with Gasteiger partial charge in [-0.1, -0.05) is 0 Å². The molecule has 0 aliphatic heterocycles. The van der Waals surface area contributed by atoms with Gasteiger partial charge < -0.3 is 0 Å². The zero-order valence-corrected chi connectivity index (χ0v) is 16.9. The van der Waals surface area contributed by atoms with Crippen molar-refractivity contribution in [3.8, 4) is 0 Å². The summed E-state index contributed by atoms with van der Waals surface area (Å²) in [5.41, 5.74) is 0. The molecule has 0 aromatic carbocycles. The van der Waals surface area contributed by atoms with Crippen LogP contribution in [0.2, 0.25) is 0 Å². The molecule has 0 radical (unpaired) electrons. The first-order chi connectivity index (χ1) is 9.11. The van der Waals surface area contributed by atoms with Crippen molar-refractivity contribution in [2.45, 2.75) is 27.7 Å². The Morgan fingerprint density at radius 1 is 1.00 bits per heavy atom. The molecule has 0 saturated heterocycles. The van der Waals surface area contributed by atoms with Gasteiger partial charge in [0.1, 0.15) is 0 Å². The third-order valence-corrected chi connectivity index (χ3v) is 10.7. The van der Waals surface area contributed by atoms with E-state index >= 15 is 0 Å². The Kier molecular flexibility index (Phi) is 9.64. The molecule has 0 unspecified atom stereocenters. The molecular weight excluding hydrogens is 367 g/mol. The molecule has 0 heterocycles. The Morgan fingerprint density at radius 2 is 1.35 bits per heavy atom. The van der Waals surface area contributed by atoms with Crippen LogP contribution in [0.25, 0.3) is 0 Å². The molecule has 122 valence electrons. The van der Waals surface area contributed by atoms with Gasteiger partial charge in [-0.25, -0.2) is 0 Å². The van der Waals surface area contributed by atoms with Crippen molar-refractivity contribution in [1.82, 2.24) is 4.44 Å². The van der Waals surface area contributed by atoms with E-state index in [4.69, 9.17) is 18.1 Å². The molecule has 6 nitrogen and oxygen atoms in total. The average Bonchev–Trinajstić information content (AvgIpc) is 2.41. The van der Waals surface area contributed by atoms with Crippen LogP contribution in [-0.2, 0) is 22.7 Å². The van der Waals surface area contributed by atoms with E-state index in [9.17, 15) is 4.57 Å². The van der Waals surface area contributed by atoms with Crippen LogP contribution in [0.3, 0.4) is 0 Å². The summed E-state index contributed by atoms with van der Waals surface area (Å²) in [4.78, 5) is 0. The molecule has 0 amide bonds. The zero-order valence-electron chi connectivity index (χ0n) is 13.4. The Bertz CT molecular complexity index is 354. The second kappa shape index (κ2) is 9.19. The molecule has 20 heavy (non-hydrogen) atoms. The number of hydrogen-bond donors (Lipinski definition) is 0. The molecule has 9 heteroatoms. The van der Waals surface area contributed by atoms with Crippen LogP contribution in [0, 0.1) is 11.8 Å². The van der Waals surface area contributed by atoms with E-state index in [-0.39, 0.29) is 0 Å². The van der Waals surface area contributed by atoms with Gasteiger partial charge in [-0.15, -0.1) is 0 Å². The normalized spacial score (nSPS) is 13.7. The number of nitrogens with zero attached hydrogens (tertiary/aromatic N) is 1. The molecule has 0 bridgehead atoms. The molecule has 0 atom stereocenters. The zero-order chi connectivity index (χ0) is 16.0. The molecule has 0 aliphatic rings. The van der Waals surface area contributed by atoms with Gasteiger partial charge in [-0.05, 0) is 0 Å². The minimum atomic E-state index is -3.41. The van der Waals surface area contributed by atoms with Crippen molar-refractivity contribution < 1.29 is 22.7 Å². The Labute approximate surface area is 130 Å². The van der Waals surface area contributed by atoms with Gasteiger partial charge in [0.25, 0.3) is 0 Å². The number of rotatable bonds is 10. The van der Waals surface area contributed by atoms with Crippen molar-refractivity contribution >= 4 is 29.0 Å². The van der Waals surface area contributed by atoms with Gasteiger partial charge >= 0.3 is 130 Å². The van der Waals surface area contributed by atoms with E-state index in [1.807, 2.05) is 27.7 Å². The fraction of sp³-hybridized carbons (Fsp3) is 1.00. The van der Waals surface area contributed by atoms with Crippen molar-refractivity contribution in [1.29, 1.82) is 0 Å². The maximum absolute atomic E-state index is 12.5. The predicted molar refractivity (Wildman–Crippen MR) is 83.6 cm³/mol. The molecule has 0 aliphatic carbocycles. The molecule has 0 spiro atoms. The predicted octanol–water partition coefficient (Wildman–Crippen LogP) is 3.51. The third-order valence-electron chi connectivity index (χ3n) is 2.31. The van der Waals surface area contributed by atoms with Gasteiger partial charge in [-0.3, -0.25) is 0 Å². The van der Waals surface area contributed by atoms with E-state index < -0.39 is 13.9 Å². The molecule has 0 fully saturated rings. The van der Waals surface area contributed by atoms with Crippen molar-refractivity contribution in [2.75, 3.05) is 34.5 Å². The monoisotopic (exact) mass is 395 g/mol. The Morgan fingerprint density at radius 3 is 1.60 bits per heavy atom. The fourth-order valence-electron chi connectivity index (χ4n) is 1.14. The van der Waals surface area contributed by atoms with Crippen LogP contribution in [0.15, 0.2) is 0 Å². The van der Waals surface area contributed by atoms with Gasteiger partial charge in [0.15, 0.2) is 0 Å². The molecule has 0 N–H and O–H groups in total. The molecular formula is C11H27NO5P2Se. The van der Waals surface area contributed by atoms with Crippen LogP contribution in [0.1, 0.15) is 27.7 Å². The van der Waals surface area contributed by atoms with E-state index in [2.05, 4.69) is 15.1 Å². The van der Waals surface area contributed by atoms with Crippen molar-refractivity contribution in [2.24, 2.45) is 11.8 Å². The quantitative estimate of drug-likeness (QED) is 0.418. The summed E-state index contributed by atoms with van der Waals surface area (Å²) < 4.78 is 35.7. The summed E-state index contributed by atoms with van der Waals surface area (Å²) in [6.45, 7) is 9.16. The first-order valence-corrected chi connectivity index (χ1v) is 11.8. The van der Waals surface area contributed by atoms with Crippen LogP contribution in [-0.4, -0.2) is 54.0 Å². The first kappa shape index (κ1) is 21.0. The van der Waals surface area contributed by atoms with Crippen molar-refractivity contribution in [3.63, 3.8) is 0 Å².